The van der Waals surface area contributed by atoms with Crippen molar-refractivity contribution in [1.29, 1.82) is 0 Å². The Labute approximate surface area is 204 Å². The molecule has 7 nitrogen and oxygen atoms in total. The van der Waals surface area contributed by atoms with Crippen molar-refractivity contribution in [3.63, 3.8) is 0 Å². The molecule has 178 valence electrons. The molecule has 1 amide bonds. The third kappa shape index (κ3) is 4.71. The number of methoxy groups -OCH3 is 2. The van der Waals surface area contributed by atoms with Gasteiger partial charge in [-0.15, -0.1) is 0 Å². The van der Waals surface area contributed by atoms with Crippen LogP contribution < -0.4 is 14.8 Å². The summed E-state index contributed by atoms with van der Waals surface area (Å²) in [6.07, 6.45) is 2.71. The highest BCUT2D eigenvalue weighted by molar-refractivity contribution is 6.00. The van der Waals surface area contributed by atoms with E-state index >= 15 is 0 Å². The average molecular weight is 469 g/mol. The van der Waals surface area contributed by atoms with E-state index in [-0.39, 0.29) is 11.9 Å². The number of rotatable bonds is 7. The lowest BCUT2D eigenvalue weighted by molar-refractivity contribution is 0.0792. The first-order valence-corrected chi connectivity index (χ1v) is 11.6. The SMILES string of the molecule is COc1ccc(-c2nn(-c3ccccc3)cc2C(=O)N2CCC(Nc3ccccc3)C2)cc1OC. The van der Waals surface area contributed by atoms with Crippen LogP contribution in [0.4, 0.5) is 5.69 Å². The minimum atomic E-state index is -0.0330. The molecule has 1 saturated heterocycles. The third-order valence-corrected chi connectivity index (χ3v) is 6.24. The van der Waals surface area contributed by atoms with Crippen LogP contribution in [0.3, 0.4) is 0 Å². The van der Waals surface area contributed by atoms with Crippen LogP contribution in [0.15, 0.2) is 85.1 Å². The van der Waals surface area contributed by atoms with Gasteiger partial charge in [0.15, 0.2) is 11.5 Å². The second kappa shape index (κ2) is 9.93. The number of amides is 1. The summed E-state index contributed by atoms with van der Waals surface area (Å²) in [7, 11) is 3.20. The molecule has 4 aromatic rings. The van der Waals surface area contributed by atoms with Gasteiger partial charge in [0.25, 0.3) is 5.91 Å². The predicted molar refractivity (Wildman–Crippen MR) is 136 cm³/mol. The van der Waals surface area contributed by atoms with Crippen LogP contribution in [-0.4, -0.2) is 53.9 Å². The molecule has 1 N–H and O–H groups in total. The minimum absolute atomic E-state index is 0.0330. The second-order valence-corrected chi connectivity index (χ2v) is 8.49. The van der Waals surface area contributed by atoms with Gasteiger partial charge >= 0.3 is 0 Å². The van der Waals surface area contributed by atoms with E-state index in [0.29, 0.717) is 35.8 Å². The fourth-order valence-corrected chi connectivity index (χ4v) is 4.44. The fraction of sp³-hybridized carbons (Fsp3) is 0.214. The summed E-state index contributed by atoms with van der Waals surface area (Å²) in [6, 6.07) is 25.7. The van der Waals surface area contributed by atoms with Gasteiger partial charge < -0.3 is 19.7 Å². The number of anilines is 1. The molecule has 1 fully saturated rings. The maximum Gasteiger partial charge on any atom is 0.257 e. The van der Waals surface area contributed by atoms with Gasteiger partial charge in [0.05, 0.1) is 25.5 Å². The number of nitrogens with zero attached hydrogens (tertiary/aromatic N) is 3. The van der Waals surface area contributed by atoms with E-state index in [1.165, 1.54) is 0 Å². The van der Waals surface area contributed by atoms with Crippen LogP contribution in [0.1, 0.15) is 16.8 Å². The normalized spacial score (nSPS) is 15.1. The Morgan fingerprint density at radius 2 is 1.66 bits per heavy atom. The molecule has 1 atom stereocenters. The Morgan fingerprint density at radius 3 is 2.37 bits per heavy atom. The standard InChI is InChI=1S/C28H28N4O3/c1-34-25-14-13-20(17-26(25)35-2)27-24(19-32(30-27)23-11-7-4-8-12-23)28(33)31-16-15-22(18-31)29-21-9-5-3-6-10-21/h3-14,17,19,22,29H,15-16,18H2,1-2H3. The molecule has 0 saturated carbocycles. The number of carbonyl (C=O) groups excluding carboxylic acids is 1. The minimum Gasteiger partial charge on any atom is -0.493 e. The number of carbonyl (C=O) groups is 1. The lowest BCUT2D eigenvalue weighted by Crippen LogP contribution is -2.31. The molecule has 1 unspecified atom stereocenters. The summed E-state index contributed by atoms with van der Waals surface area (Å²) in [6.45, 7) is 1.32. The van der Waals surface area contributed by atoms with Crippen LogP contribution in [0.2, 0.25) is 0 Å². The van der Waals surface area contributed by atoms with E-state index in [1.54, 1.807) is 18.9 Å². The number of para-hydroxylation sites is 2. The summed E-state index contributed by atoms with van der Waals surface area (Å²) < 4.78 is 12.6. The maximum atomic E-state index is 13.8. The number of benzene rings is 3. The Kier molecular flexibility index (Phi) is 6.39. The van der Waals surface area contributed by atoms with Gasteiger partial charge in [-0.05, 0) is 48.9 Å². The zero-order valence-electron chi connectivity index (χ0n) is 19.8. The van der Waals surface area contributed by atoms with E-state index in [2.05, 4.69) is 5.32 Å². The number of ether oxygens (including phenoxy) is 2. The van der Waals surface area contributed by atoms with Crippen molar-refractivity contribution in [2.45, 2.75) is 12.5 Å². The van der Waals surface area contributed by atoms with E-state index < -0.39 is 0 Å². The molecule has 7 heteroatoms. The van der Waals surface area contributed by atoms with Gasteiger partial charge in [0, 0.05) is 36.6 Å². The second-order valence-electron chi connectivity index (χ2n) is 8.49. The average Bonchev–Trinajstić information content (AvgIpc) is 3.57. The lowest BCUT2D eigenvalue weighted by atomic mass is 10.1. The number of hydrogen-bond acceptors (Lipinski definition) is 5. The van der Waals surface area contributed by atoms with Crippen LogP contribution in [0, 0.1) is 0 Å². The molecule has 1 aliphatic rings. The molecule has 2 heterocycles. The van der Waals surface area contributed by atoms with Gasteiger partial charge in [0.2, 0.25) is 0 Å². The summed E-state index contributed by atoms with van der Waals surface area (Å²) in [5.74, 6) is 1.18. The lowest BCUT2D eigenvalue weighted by Gasteiger charge is -2.18. The van der Waals surface area contributed by atoms with Crippen molar-refractivity contribution in [1.82, 2.24) is 14.7 Å². The van der Waals surface area contributed by atoms with Gasteiger partial charge in [-0.2, -0.15) is 5.10 Å². The first kappa shape index (κ1) is 22.5. The Hall–Kier alpha value is -4.26. The number of nitrogens with one attached hydrogen (secondary N) is 1. The van der Waals surface area contributed by atoms with Gasteiger partial charge in [-0.1, -0.05) is 36.4 Å². The summed E-state index contributed by atoms with van der Waals surface area (Å²) in [4.78, 5) is 15.7. The van der Waals surface area contributed by atoms with Crippen LogP contribution in [-0.2, 0) is 0 Å². The zero-order chi connectivity index (χ0) is 24.2. The largest absolute Gasteiger partial charge is 0.493 e. The molecule has 5 rings (SSSR count). The molecular formula is C28H28N4O3. The topological polar surface area (TPSA) is 68.6 Å². The van der Waals surface area contributed by atoms with E-state index in [0.717, 1.165) is 23.4 Å². The number of hydrogen-bond donors (Lipinski definition) is 1. The quantitative estimate of drug-likeness (QED) is 0.419. The van der Waals surface area contributed by atoms with E-state index in [9.17, 15) is 4.79 Å². The van der Waals surface area contributed by atoms with E-state index in [1.807, 2.05) is 90.0 Å². The Bertz CT molecular complexity index is 1300. The molecule has 0 radical (unpaired) electrons. The van der Waals surface area contributed by atoms with Crippen LogP contribution >= 0.6 is 0 Å². The fourth-order valence-electron chi connectivity index (χ4n) is 4.44. The molecule has 0 aliphatic carbocycles. The smallest absolute Gasteiger partial charge is 0.257 e. The zero-order valence-corrected chi connectivity index (χ0v) is 19.8. The third-order valence-electron chi connectivity index (χ3n) is 6.24. The van der Waals surface area contributed by atoms with Crippen molar-refractivity contribution in [3.8, 4) is 28.4 Å². The monoisotopic (exact) mass is 468 g/mol. The molecule has 3 aromatic carbocycles. The highest BCUT2D eigenvalue weighted by Crippen LogP contribution is 2.34. The molecule has 1 aromatic heterocycles. The van der Waals surface area contributed by atoms with Crippen molar-refractivity contribution >= 4 is 11.6 Å². The van der Waals surface area contributed by atoms with Crippen molar-refractivity contribution in [2.24, 2.45) is 0 Å². The van der Waals surface area contributed by atoms with Crippen molar-refractivity contribution < 1.29 is 14.3 Å². The Morgan fingerprint density at radius 1 is 0.943 bits per heavy atom. The molecule has 0 spiro atoms. The van der Waals surface area contributed by atoms with Gasteiger partial charge in [0.1, 0.15) is 5.69 Å². The first-order chi connectivity index (χ1) is 17.2. The maximum absolute atomic E-state index is 13.8. The van der Waals surface area contributed by atoms with E-state index in [4.69, 9.17) is 14.6 Å². The predicted octanol–water partition coefficient (Wildman–Crippen LogP) is 4.88. The molecule has 0 bridgehead atoms. The highest BCUT2D eigenvalue weighted by Gasteiger charge is 2.30. The number of likely N-dealkylation sites (tertiary alicyclic amines) is 1. The molecule has 1 aliphatic heterocycles. The molecule has 35 heavy (non-hydrogen) atoms. The summed E-state index contributed by atoms with van der Waals surface area (Å²) in [5, 5.41) is 8.36. The highest BCUT2D eigenvalue weighted by atomic mass is 16.5. The van der Waals surface area contributed by atoms with Gasteiger partial charge in [-0.3, -0.25) is 4.79 Å². The Balaban J connectivity index is 1.47. The van der Waals surface area contributed by atoms with Crippen molar-refractivity contribution in [2.75, 3.05) is 32.6 Å². The number of aromatic nitrogens is 2. The summed E-state index contributed by atoms with van der Waals surface area (Å²) >= 11 is 0. The van der Waals surface area contributed by atoms with Gasteiger partial charge in [-0.25, -0.2) is 4.68 Å². The van der Waals surface area contributed by atoms with Crippen molar-refractivity contribution in [3.05, 3.63) is 90.6 Å². The first-order valence-electron chi connectivity index (χ1n) is 11.6. The molecular weight excluding hydrogens is 440 g/mol. The van der Waals surface area contributed by atoms with Crippen LogP contribution in [0.5, 0.6) is 11.5 Å². The van der Waals surface area contributed by atoms with Crippen LogP contribution in [0.25, 0.3) is 16.9 Å². The summed E-state index contributed by atoms with van der Waals surface area (Å²) in [5.41, 5.74) is 3.91.